The van der Waals surface area contributed by atoms with E-state index in [0.717, 1.165) is 15.6 Å². The van der Waals surface area contributed by atoms with E-state index in [2.05, 4.69) is 15.1 Å². The Morgan fingerprint density at radius 2 is 2.24 bits per heavy atom. The molecular weight excluding hydrogens is 236 g/mol. The van der Waals surface area contributed by atoms with Gasteiger partial charge < -0.3 is 10.1 Å². The molecule has 0 unspecified atom stereocenters. The zero-order valence-corrected chi connectivity index (χ0v) is 9.92. The molecule has 0 aliphatic carbocycles. The van der Waals surface area contributed by atoms with Gasteiger partial charge in [0, 0.05) is 25.6 Å². The van der Waals surface area contributed by atoms with E-state index in [-0.39, 0.29) is 0 Å². The van der Waals surface area contributed by atoms with Crippen molar-refractivity contribution in [3.63, 3.8) is 0 Å². The van der Waals surface area contributed by atoms with Gasteiger partial charge in [-0.05, 0) is 0 Å². The van der Waals surface area contributed by atoms with Crippen LogP contribution in [0.25, 0.3) is 5.65 Å². The Balaban J connectivity index is 2.07. The number of rotatable bonds is 2. The second-order valence-corrected chi connectivity index (χ2v) is 4.64. The number of nitrogens with two attached hydrogens (primary N) is 1. The van der Waals surface area contributed by atoms with Gasteiger partial charge in [-0.3, -0.25) is 4.68 Å². The molecule has 86 valence electrons. The highest BCUT2D eigenvalue weighted by molar-refractivity contribution is 7.99. The number of nitrogen functional groups attached to an aromatic ring is 1. The summed E-state index contributed by atoms with van der Waals surface area (Å²) < 4.78 is 3.61. The molecule has 3 rings (SSSR count). The van der Waals surface area contributed by atoms with E-state index in [9.17, 15) is 0 Å². The number of imidazole rings is 1. The third-order valence-electron chi connectivity index (χ3n) is 2.26. The molecule has 3 heterocycles. The molecular formula is C10H10N6S. The van der Waals surface area contributed by atoms with Crippen LogP contribution in [-0.4, -0.2) is 24.1 Å². The lowest BCUT2D eigenvalue weighted by Gasteiger charge is -2.02. The van der Waals surface area contributed by atoms with E-state index in [4.69, 9.17) is 5.73 Å². The first kappa shape index (κ1) is 10.2. The molecule has 0 aromatic carbocycles. The molecule has 0 saturated heterocycles. The van der Waals surface area contributed by atoms with Gasteiger partial charge >= 0.3 is 0 Å². The first-order valence-corrected chi connectivity index (χ1v) is 5.80. The molecule has 0 aliphatic rings. The van der Waals surface area contributed by atoms with Crippen LogP contribution in [0.1, 0.15) is 0 Å². The fourth-order valence-corrected chi connectivity index (χ4v) is 2.48. The lowest BCUT2D eigenvalue weighted by molar-refractivity contribution is 0.766. The molecule has 0 amide bonds. The van der Waals surface area contributed by atoms with Gasteiger partial charge in [-0.25, -0.2) is 9.97 Å². The summed E-state index contributed by atoms with van der Waals surface area (Å²) in [5.41, 5.74) is 6.55. The van der Waals surface area contributed by atoms with E-state index in [1.54, 1.807) is 23.3 Å². The molecule has 3 aromatic rings. The Labute approximate surface area is 101 Å². The van der Waals surface area contributed by atoms with Crippen molar-refractivity contribution in [2.45, 2.75) is 9.92 Å². The summed E-state index contributed by atoms with van der Waals surface area (Å²) in [5.74, 6) is 0.474. The van der Waals surface area contributed by atoms with Crippen LogP contribution < -0.4 is 5.73 Å². The molecule has 0 radical (unpaired) electrons. The number of fused-ring (bicyclic) bond motifs is 1. The zero-order chi connectivity index (χ0) is 11.8. The smallest absolute Gasteiger partial charge is 0.170 e. The van der Waals surface area contributed by atoms with Crippen LogP contribution in [0.3, 0.4) is 0 Å². The molecule has 0 saturated carbocycles. The molecule has 0 atom stereocenters. The summed E-state index contributed by atoms with van der Waals surface area (Å²) in [4.78, 5) is 9.57. The number of aryl methyl sites for hydroxylation is 1. The molecule has 17 heavy (non-hydrogen) atoms. The Morgan fingerprint density at radius 3 is 3.00 bits per heavy atom. The number of hydrogen-bond donors (Lipinski definition) is 1. The van der Waals surface area contributed by atoms with Crippen molar-refractivity contribution >= 4 is 23.2 Å². The number of nitrogens with zero attached hydrogens (tertiary/aromatic N) is 5. The van der Waals surface area contributed by atoms with Crippen LogP contribution in [0.15, 0.2) is 40.9 Å². The largest absolute Gasteiger partial charge is 0.382 e. The number of anilines is 1. The fraction of sp³-hybridized carbons (Fsp3) is 0.100. The van der Waals surface area contributed by atoms with Crippen LogP contribution >= 0.6 is 11.8 Å². The zero-order valence-electron chi connectivity index (χ0n) is 9.11. The van der Waals surface area contributed by atoms with Gasteiger partial charge in [-0.15, -0.1) is 0 Å². The third-order valence-corrected chi connectivity index (χ3v) is 3.17. The predicted octanol–water partition coefficient (Wildman–Crippen LogP) is 1.20. The standard InChI is InChI=1S/C10H10N6S/c1-15-5-7(4-13-15)17-10-9-12-2-3-16(9)6-8(11)14-10/h2-6H,11H2,1H3. The average molecular weight is 246 g/mol. The summed E-state index contributed by atoms with van der Waals surface area (Å²) in [6, 6.07) is 0. The molecule has 7 heteroatoms. The van der Waals surface area contributed by atoms with Crippen LogP contribution in [0.4, 0.5) is 5.82 Å². The van der Waals surface area contributed by atoms with Crippen molar-refractivity contribution in [2.75, 3.05) is 5.73 Å². The summed E-state index contributed by atoms with van der Waals surface area (Å²) in [6.07, 6.45) is 9.03. The Morgan fingerprint density at radius 1 is 1.35 bits per heavy atom. The van der Waals surface area contributed by atoms with Gasteiger partial charge in [0.2, 0.25) is 0 Å². The Kier molecular flexibility index (Phi) is 2.25. The van der Waals surface area contributed by atoms with Gasteiger partial charge in [0.15, 0.2) is 5.65 Å². The second-order valence-electron chi connectivity index (χ2n) is 3.58. The maximum Gasteiger partial charge on any atom is 0.170 e. The lowest BCUT2D eigenvalue weighted by Crippen LogP contribution is -1.97. The van der Waals surface area contributed by atoms with Gasteiger partial charge in [0.05, 0.1) is 17.3 Å². The van der Waals surface area contributed by atoms with Gasteiger partial charge in [0.1, 0.15) is 10.8 Å². The first-order chi connectivity index (χ1) is 8.22. The molecule has 6 nitrogen and oxygen atoms in total. The summed E-state index contributed by atoms with van der Waals surface area (Å²) in [6.45, 7) is 0. The van der Waals surface area contributed by atoms with Crippen molar-refractivity contribution in [2.24, 2.45) is 7.05 Å². The Bertz CT molecular complexity index is 670. The number of hydrogen-bond acceptors (Lipinski definition) is 5. The van der Waals surface area contributed by atoms with Gasteiger partial charge in [-0.2, -0.15) is 5.10 Å². The first-order valence-electron chi connectivity index (χ1n) is 4.98. The maximum atomic E-state index is 5.75. The minimum absolute atomic E-state index is 0.474. The van der Waals surface area contributed by atoms with Crippen LogP contribution in [0.2, 0.25) is 0 Å². The van der Waals surface area contributed by atoms with Crippen molar-refractivity contribution in [3.05, 3.63) is 31.0 Å². The normalized spacial score (nSPS) is 11.1. The van der Waals surface area contributed by atoms with E-state index < -0.39 is 0 Å². The molecule has 0 bridgehead atoms. The van der Waals surface area contributed by atoms with Crippen LogP contribution in [-0.2, 0) is 7.05 Å². The predicted molar refractivity (Wildman–Crippen MR) is 64.7 cm³/mol. The minimum atomic E-state index is 0.474. The van der Waals surface area contributed by atoms with Gasteiger partial charge in [-0.1, -0.05) is 11.8 Å². The summed E-state index contributed by atoms with van der Waals surface area (Å²) in [7, 11) is 1.88. The van der Waals surface area contributed by atoms with Crippen molar-refractivity contribution in [1.82, 2.24) is 24.1 Å². The molecule has 0 fully saturated rings. The monoisotopic (exact) mass is 246 g/mol. The number of aromatic nitrogens is 5. The topological polar surface area (TPSA) is 74.0 Å². The summed E-state index contributed by atoms with van der Waals surface area (Å²) in [5, 5.41) is 4.89. The quantitative estimate of drug-likeness (QED) is 0.735. The average Bonchev–Trinajstić information content (AvgIpc) is 2.87. The SMILES string of the molecule is Cn1cc(Sc2nc(N)cn3ccnc23)cn1. The maximum absolute atomic E-state index is 5.75. The molecule has 0 spiro atoms. The highest BCUT2D eigenvalue weighted by Crippen LogP contribution is 2.28. The van der Waals surface area contributed by atoms with E-state index >= 15 is 0 Å². The lowest BCUT2D eigenvalue weighted by atomic mass is 10.6. The molecule has 2 N–H and O–H groups in total. The highest BCUT2D eigenvalue weighted by atomic mass is 32.2. The van der Waals surface area contributed by atoms with Crippen molar-refractivity contribution < 1.29 is 0 Å². The van der Waals surface area contributed by atoms with Crippen LogP contribution in [0, 0.1) is 0 Å². The van der Waals surface area contributed by atoms with Crippen molar-refractivity contribution in [1.29, 1.82) is 0 Å². The Hall–Kier alpha value is -2.02. The highest BCUT2D eigenvalue weighted by Gasteiger charge is 2.09. The van der Waals surface area contributed by atoms with E-state index in [0.29, 0.717) is 5.82 Å². The van der Waals surface area contributed by atoms with Gasteiger partial charge in [0.25, 0.3) is 0 Å². The van der Waals surface area contributed by atoms with E-state index in [1.165, 1.54) is 11.8 Å². The fourth-order valence-electron chi connectivity index (χ4n) is 1.55. The summed E-state index contributed by atoms with van der Waals surface area (Å²) >= 11 is 1.50. The molecule has 0 aliphatic heterocycles. The van der Waals surface area contributed by atoms with Crippen molar-refractivity contribution in [3.8, 4) is 0 Å². The van der Waals surface area contributed by atoms with Crippen LogP contribution in [0.5, 0.6) is 0 Å². The minimum Gasteiger partial charge on any atom is -0.382 e. The third kappa shape index (κ3) is 1.84. The second kappa shape index (κ2) is 3.77. The molecule has 3 aromatic heterocycles. The van der Waals surface area contributed by atoms with E-state index in [1.807, 2.05) is 23.8 Å².